The van der Waals surface area contributed by atoms with Gasteiger partial charge in [-0.3, -0.25) is 14.4 Å². The van der Waals surface area contributed by atoms with Crippen LogP contribution in [0.5, 0.6) is 0 Å². The van der Waals surface area contributed by atoms with Crippen LogP contribution < -0.4 is 0 Å². The smallest absolute Gasteiger partial charge is 0.309 e. The molecule has 3 aliphatic rings. The van der Waals surface area contributed by atoms with Gasteiger partial charge >= 0.3 is 17.9 Å². The molecule has 0 radical (unpaired) electrons. The van der Waals surface area contributed by atoms with Crippen molar-refractivity contribution >= 4 is 17.9 Å². The molecule has 13 heteroatoms. The van der Waals surface area contributed by atoms with Crippen LogP contribution in [0.1, 0.15) is 47.5 Å². The summed E-state index contributed by atoms with van der Waals surface area (Å²) in [5.74, 6) is -3.28. The molecule has 2 aliphatic heterocycles. The quantitative estimate of drug-likeness (QED) is 0.215. The molecule has 0 amide bonds. The Morgan fingerprint density at radius 1 is 1.08 bits per heavy atom. The molecule has 0 spiro atoms. The maximum absolute atomic E-state index is 12.3. The van der Waals surface area contributed by atoms with E-state index in [4.69, 9.17) is 28.4 Å². The first-order valence-corrected chi connectivity index (χ1v) is 12.6. The summed E-state index contributed by atoms with van der Waals surface area (Å²) in [6.07, 6.45) is -7.49. The Balaban J connectivity index is 1.81. The summed E-state index contributed by atoms with van der Waals surface area (Å²) in [7, 11) is 0. The maximum Gasteiger partial charge on any atom is 0.309 e. The third kappa shape index (κ3) is 6.64. The van der Waals surface area contributed by atoms with Gasteiger partial charge in [-0.25, -0.2) is 0 Å². The number of carbonyl (C=O) groups excluding carboxylic acids is 3. The van der Waals surface area contributed by atoms with Crippen LogP contribution in [0.25, 0.3) is 0 Å². The van der Waals surface area contributed by atoms with Crippen LogP contribution in [0.4, 0.5) is 0 Å². The van der Waals surface area contributed by atoms with E-state index in [1.165, 1.54) is 13.2 Å². The minimum absolute atomic E-state index is 0.0498. The minimum Gasteiger partial charge on any atom is -0.462 e. The van der Waals surface area contributed by atoms with Gasteiger partial charge in [-0.05, 0) is 24.8 Å². The highest BCUT2D eigenvalue weighted by Crippen LogP contribution is 2.49. The lowest BCUT2D eigenvalue weighted by molar-refractivity contribution is -0.304. The van der Waals surface area contributed by atoms with Gasteiger partial charge in [0.15, 0.2) is 18.5 Å². The van der Waals surface area contributed by atoms with Gasteiger partial charge in [-0.1, -0.05) is 13.8 Å². The van der Waals surface area contributed by atoms with E-state index in [1.807, 2.05) is 13.8 Å². The Morgan fingerprint density at radius 2 is 1.71 bits per heavy atom. The third-order valence-electron chi connectivity index (χ3n) is 7.02. The second-order valence-corrected chi connectivity index (χ2v) is 10.6. The number of fused-ring (bicyclic) bond motifs is 1. The zero-order chi connectivity index (χ0) is 28.4. The molecule has 10 atom stereocenters. The monoisotopic (exact) mass is 546 g/mol. The highest BCUT2D eigenvalue weighted by Gasteiger charge is 2.58. The average molecular weight is 547 g/mol. The summed E-state index contributed by atoms with van der Waals surface area (Å²) in [5.41, 5.74) is -1.15. The zero-order valence-corrected chi connectivity index (χ0v) is 22.1. The molecule has 2 heterocycles. The SMILES string of the molecule is CC(=O)OC1C(OCC2=COC(OC(=O)CC(C)C)C3C2CC(O)C3(C)O)OC(CO)C(O)C1OC(C)=O. The lowest BCUT2D eigenvalue weighted by Crippen LogP contribution is -2.61. The predicted molar refractivity (Wildman–Crippen MR) is 126 cm³/mol. The van der Waals surface area contributed by atoms with Crippen molar-refractivity contribution in [3.8, 4) is 0 Å². The largest absolute Gasteiger partial charge is 0.462 e. The molecule has 0 aromatic carbocycles. The average Bonchev–Trinajstić information content (AvgIpc) is 3.04. The van der Waals surface area contributed by atoms with E-state index < -0.39 is 85.1 Å². The Hall–Kier alpha value is -2.29. The second-order valence-electron chi connectivity index (χ2n) is 10.6. The van der Waals surface area contributed by atoms with Gasteiger partial charge in [0.05, 0.1) is 37.1 Å². The van der Waals surface area contributed by atoms with Crippen LogP contribution in [0, 0.1) is 17.8 Å². The molecule has 0 bridgehead atoms. The topological polar surface area (TPSA) is 188 Å². The van der Waals surface area contributed by atoms with Gasteiger partial charge < -0.3 is 48.8 Å². The Labute approximate surface area is 220 Å². The van der Waals surface area contributed by atoms with E-state index >= 15 is 0 Å². The standard InChI is InChI=1S/C25H38O13/c1-11(2)6-18(30)38-23-19-15(7-17(29)25(19,5)32)14(9-33-23)10-34-24-22(36-13(4)28)21(35-12(3)27)20(31)16(8-26)37-24/h9,11,15-17,19-24,26,29,31-32H,6-8,10H2,1-5H3. The third-order valence-corrected chi connectivity index (χ3v) is 7.02. The normalized spacial score (nSPS) is 38.6. The van der Waals surface area contributed by atoms with Gasteiger partial charge in [0.1, 0.15) is 12.2 Å². The number of carbonyl (C=O) groups is 3. The van der Waals surface area contributed by atoms with Crippen LogP contribution in [-0.2, 0) is 42.8 Å². The van der Waals surface area contributed by atoms with E-state index in [2.05, 4.69) is 0 Å². The first-order valence-electron chi connectivity index (χ1n) is 12.6. The summed E-state index contributed by atoms with van der Waals surface area (Å²) < 4.78 is 33.1. The fraction of sp³-hybridized carbons (Fsp3) is 0.800. The van der Waals surface area contributed by atoms with Crippen LogP contribution >= 0.6 is 0 Å². The molecule has 13 nitrogen and oxygen atoms in total. The Kier molecular flexibility index (Phi) is 9.76. The van der Waals surface area contributed by atoms with Crippen molar-refractivity contribution in [2.24, 2.45) is 17.8 Å². The van der Waals surface area contributed by atoms with E-state index in [0.717, 1.165) is 13.8 Å². The highest BCUT2D eigenvalue weighted by molar-refractivity contribution is 5.69. The van der Waals surface area contributed by atoms with E-state index in [-0.39, 0.29) is 25.4 Å². The Bertz CT molecular complexity index is 900. The molecular weight excluding hydrogens is 508 g/mol. The maximum atomic E-state index is 12.3. The van der Waals surface area contributed by atoms with Crippen LogP contribution in [0.15, 0.2) is 11.8 Å². The van der Waals surface area contributed by atoms with Gasteiger partial charge in [0, 0.05) is 26.2 Å². The number of hydrogen-bond acceptors (Lipinski definition) is 13. The second kappa shape index (κ2) is 12.3. The summed E-state index contributed by atoms with van der Waals surface area (Å²) in [6.45, 7) is 6.55. The molecule has 0 aromatic rings. The molecule has 38 heavy (non-hydrogen) atoms. The first kappa shape index (κ1) is 30.3. The van der Waals surface area contributed by atoms with Gasteiger partial charge in [-0.2, -0.15) is 0 Å². The molecule has 1 saturated carbocycles. The molecule has 216 valence electrons. The number of esters is 3. The molecular formula is C25H38O13. The fourth-order valence-electron chi connectivity index (χ4n) is 5.18. The molecule has 1 saturated heterocycles. The predicted octanol–water partition coefficient (Wildman–Crippen LogP) is -0.478. The van der Waals surface area contributed by atoms with Crippen molar-refractivity contribution < 1.29 is 63.2 Å². The number of rotatable bonds is 9. The van der Waals surface area contributed by atoms with Gasteiger partial charge in [0.25, 0.3) is 0 Å². The van der Waals surface area contributed by atoms with Crippen molar-refractivity contribution in [3.63, 3.8) is 0 Å². The van der Waals surface area contributed by atoms with Gasteiger partial charge in [0.2, 0.25) is 6.29 Å². The summed E-state index contributed by atoms with van der Waals surface area (Å²) in [5, 5.41) is 41.8. The minimum atomic E-state index is -1.64. The summed E-state index contributed by atoms with van der Waals surface area (Å²) in [6, 6.07) is 0. The van der Waals surface area contributed by atoms with Crippen molar-refractivity contribution in [2.45, 2.75) is 96.2 Å². The van der Waals surface area contributed by atoms with Crippen LogP contribution in [0.2, 0.25) is 0 Å². The molecule has 4 N–H and O–H groups in total. The Morgan fingerprint density at radius 3 is 2.29 bits per heavy atom. The number of ether oxygens (including phenoxy) is 6. The molecule has 2 fully saturated rings. The number of aliphatic hydroxyl groups excluding tert-OH is 3. The molecule has 10 unspecified atom stereocenters. The summed E-state index contributed by atoms with van der Waals surface area (Å²) >= 11 is 0. The van der Waals surface area contributed by atoms with Crippen LogP contribution in [0.3, 0.4) is 0 Å². The van der Waals surface area contributed by atoms with E-state index in [1.54, 1.807) is 0 Å². The number of hydrogen-bond donors (Lipinski definition) is 4. The van der Waals surface area contributed by atoms with Crippen molar-refractivity contribution in [3.05, 3.63) is 11.8 Å². The summed E-state index contributed by atoms with van der Waals surface area (Å²) in [4.78, 5) is 35.7. The highest BCUT2D eigenvalue weighted by atomic mass is 16.7. The van der Waals surface area contributed by atoms with E-state index in [0.29, 0.717) is 5.57 Å². The van der Waals surface area contributed by atoms with Crippen LogP contribution in [-0.4, -0.2) is 100 Å². The first-order chi connectivity index (χ1) is 17.8. The van der Waals surface area contributed by atoms with Crippen molar-refractivity contribution in [1.82, 2.24) is 0 Å². The molecule has 3 rings (SSSR count). The lowest BCUT2D eigenvalue weighted by Gasteiger charge is -2.43. The fourth-order valence-corrected chi connectivity index (χ4v) is 5.18. The van der Waals surface area contributed by atoms with Crippen molar-refractivity contribution in [1.29, 1.82) is 0 Å². The lowest BCUT2D eigenvalue weighted by atomic mass is 9.81. The number of aliphatic hydroxyl groups is 4. The zero-order valence-electron chi connectivity index (χ0n) is 22.1. The van der Waals surface area contributed by atoms with Crippen molar-refractivity contribution in [2.75, 3.05) is 13.2 Å². The molecule has 1 aliphatic carbocycles. The van der Waals surface area contributed by atoms with E-state index in [9.17, 15) is 34.8 Å². The van der Waals surface area contributed by atoms with Gasteiger partial charge in [-0.15, -0.1) is 0 Å². The molecule has 0 aromatic heterocycles.